The third kappa shape index (κ3) is 3.63. The van der Waals surface area contributed by atoms with Gasteiger partial charge in [0.05, 0.1) is 6.61 Å². The second-order valence-corrected chi connectivity index (χ2v) is 2.02. The van der Waals surface area contributed by atoms with Gasteiger partial charge in [0.25, 0.3) is 0 Å². The maximum atomic E-state index is 10.5. The Labute approximate surface area is 78.5 Å². The second-order valence-electron chi connectivity index (χ2n) is 2.02. The predicted molar refractivity (Wildman–Crippen MR) is 33.9 cm³/mol. The molecule has 1 rings (SSSR count). The number of hydrogen-bond donors (Lipinski definition) is 0. The average Bonchev–Trinajstić information content (AvgIpc) is 2.40. The molecule has 11 heavy (non-hydrogen) atoms. The van der Waals surface area contributed by atoms with E-state index in [-0.39, 0.29) is 25.8 Å². The minimum absolute atomic E-state index is 0. The molecule has 0 bridgehead atoms. The van der Waals surface area contributed by atoms with Gasteiger partial charge in [0.2, 0.25) is 0 Å². The Kier molecular flexibility index (Phi) is 5.34. The first-order valence-electron chi connectivity index (χ1n) is 3.18. The molecule has 0 spiro atoms. The Bertz CT molecular complexity index is 141. The fraction of sp³-hybridized carbons (Fsp3) is 0.571. The van der Waals surface area contributed by atoms with Crippen LogP contribution < -0.4 is 0 Å². The van der Waals surface area contributed by atoms with E-state index >= 15 is 0 Å². The molecular formula is C7H9O3Rh-. The molecule has 1 heterocycles. The van der Waals surface area contributed by atoms with Crippen LogP contribution in [-0.4, -0.2) is 18.9 Å². The van der Waals surface area contributed by atoms with Crippen molar-refractivity contribution in [2.45, 2.75) is 19.1 Å². The van der Waals surface area contributed by atoms with Gasteiger partial charge in [-0.2, -0.15) is 0 Å². The summed E-state index contributed by atoms with van der Waals surface area (Å²) in [5.41, 5.74) is 0. The quantitative estimate of drug-likeness (QED) is 0.309. The van der Waals surface area contributed by atoms with Crippen molar-refractivity contribution in [2.24, 2.45) is 0 Å². The van der Waals surface area contributed by atoms with Crippen LogP contribution in [-0.2, 0) is 33.7 Å². The molecular weight excluding hydrogens is 235 g/mol. The molecule has 0 aliphatic carbocycles. The molecule has 1 aliphatic rings. The van der Waals surface area contributed by atoms with Crippen LogP contribution in [0.15, 0.2) is 6.58 Å². The van der Waals surface area contributed by atoms with E-state index in [4.69, 9.17) is 9.47 Å². The molecule has 0 aromatic heterocycles. The molecule has 0 N–H and O–H groups in total. The van der Waals surface area contributed by atoms with Crippen molar-refractivity contribution >= 4 is 5.97 Å². The van der Waals surface area contributed by atoms with E-state index in [1.165, 1.54) is 0 Å². The van der Waals surface area contributed by atoms with Crippen molar-refractivity contribution in [1.29, 1.82) is 0 Å². The van der Waals surface area contributed by atoms with Gasteiger partial charge in [0.15, 0.2) is 12.3 Å². The predicted octanol–water partition coefficient (Wildman–Crippen LogP) is 0.653. The molecule has 1 unspecified atom stereocenters. The first-order chi connectivity index (χ1) is 4.83. The molecule has 0 amide bonds. The van der Waals surface area contributed by atoms with Crippen LogP contribution in [0.5, 0.6) is 0 Å². The molecule has 65 valence electrons. The summed E-state index contributed by atoms with van der Waals surface area (Å²) in [6.45, 7) is 3.82. The maximum Gasteiger partial charge on any atom is 0.200 e. The summed E-state index contributed by atoms with van der Waals surface area (Å²) >= 11 is 0. The summed E-state index contributed by atoms with van der Waals surface area (Å²) < 4.78 is 9.74. The van der Waals surface area contributed by atoms with E-state index in [0.717, 1.165) is 12.8 Å². The Balaban J connectivity index is 0.000001000. The summed E-state index contributed by atoms with van der Waals surface area (Å²) in [6, 6.07) is 0. The molecule has 0 aromatic carbocycles. The summed E-state index contributed by atoms with van der Waals surface area (Å²) in [7, 11) is 0. The second kappa shape index (κ2) is 5.44. The molecule has 3 nitrogen and oxygen atoms in total. The minimum atomic E-state index is -0.535. The molecule has 1 radical (unpaired) electrons. The topological polar surface area (TPSA) is 35.5 Å². The standard InChI is InChI=1S/C7H9O3.Rh/c1-2-6(8)10-7-4-3-5-9-7;/h7H,1,3-5H2;/q-1;. The monoisotopic (exact) mass is 244 g/mol. The number of rotatable bonds is 2. The first kappa shape index (κ1) is 10.8. The fourth-order valence-corrected chi connectivity index (χ4v) is 0.802. The van der Waals surface area contributed by atoms with Crippen LogP contribution in [0.25, 0.3) is 0 Å². The summed E-state index contributed by atoms with van der Waals surface area (Å²) in [4.78, 5) is 10.5. The van der Waals surface area contributed by atoms with Crippen molar-refractivity contribution in [1.82, 2.24) is 0 Å². The maximum absolute atomic E-state index is 10.5. The average molecular weight is 244 g/mol. The molecule has 1 atom stereocenters. The van der Waals surface area contributed by atoms with Gasteiger partial charge in [0.1, 0.15) is 0 Å². The van der Waals surface area contributed by atoms with E-state index < -0.39 is 5.97 Å². The molecule has 1 fully saturated rings. The third-order valence-corrected chi connectivity index (χ3v) is 1.27. The van der Waals surface area contributed by atoms with Crippen molar-refractivity contribution < 1.29 is 33.7 Å². The van der Waals surface area contributed by atoms with Crippen molar-refractivity contribution in [2.75, 3.05) is 6.61 Å². The van der Waals surface area contributed by atoms with E-state index in [9.17, 15) is 4.79 Å². The van der Waals surface area contributed by atoms with Crippen LogP contribution >= 0.6 is 0 Å². The number of hydrogen-bond acceptors (Lipinski definition) is 3. The zero-order valence-electron chi connectivity index (χ0n) is 5.96. The van der Waals surface area contributed by atoms with Gasteiger partial charge >= 0.3 is 0 Å². The van der Waals surface area contributed by atoms with Gasteiger partial charge < -0.3 is 15.5 Å². The van der Waals surface area contributed by atoms with E-state index in [0.29, 0.717) is 6.61 Å². The molecule has 0 saturated carbocycles. The number of carbonyl (C=O) groups is 1. The Morgan fingerprint density at radius 1 is 1.73 bits per heavy atom. The number of ether oxygens (including phenoxy) is 2. The normalized spacial score (nSPS) is 22.0. The van der Waals surface area contributed by atoms with Crippen LogP contribution in [0.2, 0.25) is 0 Å². The van der Waals surface area contributed by atoms with Crippen LogP contribution in [0.4, 0.5) is 0 Å². The SMILES string of the molecule is C=[C-]C(=O)OC1CCCO1.[Rh]. The van der Waals surface area contributed by atoms with Crippen molar-refractivity contribution in [3.63, 3.8) is 0 Å². The summed E-state index contributed by atoms with van der Waals surface area (Å²) in [5.74, 6) is -0.535. The Morgan fingerprint density at radius 3 is 2.91 bits per heavy atom. The van der Waals surface area contributed by atoms with Gasteiger partial charge in [-0.05, 0) is 6.42 Å². The van der Waals surface area contributed by atoms with Crippen LogP contribution in [0.3, 0.4) is 0 Å². The Morgan fingerprint density at radius 2 is 2.45 bits per heavy atom. The largest absolute Gasteiger partial charge is 0.461 e. The van der Waals surface area contributed by atoms with Crippen molar-refractivity contribution in [3.8, 4) is 0 Å². The summed E-state index contributed by atoms with van der Waals surface area (Å²) in [6.07, 6.45) is 3.48. The van der Waals surface area contributed by atoms with Gasteiger partial charge in [-0.3, -0.25) is 11.4 Å². The van der Waals surface area contributed by atoms with Crippen LogP contribution in [0, 0.1) is 6.08 Å². The van der Waals surface area contributed by atoms with E-state index in [1.54, 1.807) is 0 Å². The molecule has 0 aromatic rings. The fourth-order valence-electron chi connectivity index (χ4n) is 0.802. The van der Waals surface area contributed by atoms with E-state index in [2.05, 4.69) is 12.7 Å². The number of carbonyl (C=O) groups excluding carboxylic acids is 1. The summed E-state index contributed by atoms with van der Waals surface area (Å²) in [5, 5.41) is 0. The van der Waals surface area contributed by atoms with E-state index in [1.807, 2.05) is 0 Å². The Hall–Kier alpha value is -0.207. The number of esters is 1. The molecule has 4 heteroatoms. The minimum Gasteiger partial charge on any atom is -0.461 e. The third-order valence-electron chi connectivity index (χ3n) is 1.27. The zero-order chi connectivity index (χ0) is 7.40. The van der Waals surface area contributed by atoms with Gasteiger partial charge in [-0.15, -0.1) is 0 Å². The van der Waals surface area contributed by atoms with Crippen LogP contribution in [0.1, 0.15) is 12.8 Å². The van der Waals surface area contributed by atoms with Gasteiger partial charge in [-0.1, -0.05) is 0 Å². The molecule has 1 saturated heterocycles. The smallest absolute Gasteiger partial charge is 0.200 e. The van der Waals surface area contributed by atoms with Gasteiger partial charge in [0, 0.05) is 25.9 Å². The van der Waals surface area contributed by atoms with Crippen molar-refractivity contribution in [3.05, 3.63) is 12.7 Å². The first-order valence-corrected chi connectivity index (χ1v) is 3.18. The zero-order valence-corrected chi connectivity index (χ0v) is 7.60. The van der Waals surface area contributed by atoms with Gasteiger partial charge in [-0.25, -0.2) is 0 Å². The molecule has 1 aliphatic heterocycles.